The predicted octanol–water partition coefficient (Wildman–Crippen LogP) is 5.13. The number of nitrogens with zero attached hydrogens (tertiary/aromatic N) is 5. The largest absolute Gasteiger partial charge is 0.293 e. The molecule has 3 heterocycles. The van der Waals surface area contributed by atoms with Crippen molar-refractivity contribution in [1.29, 1.82) is 0 Å². The molecule has 1 atom stereocenters. The maximum atomic E-state index is 13.7. The second-order valence-electron chi connectivity index (χ2n) is 8.03. The third kappa shape index (κ3) is 2.93. The second kappa shape index (κ2) is 7.30. The number of benzene rings is 2. The van der Waals surface area contributed by atoms with Crippen LogP contribution in [-0.2, 0) is 6.42 Å². The molecule has 6 nitrogen and oxygen atoms in total. The molecule has 0 aliphatic heterocycles. The Labute approximate surface area is 180 Å². The van der Waals surface area contributed by atoms with Gasteiger partial charge in [-0.2, -0.15) is 0 Å². The summed E-state index contributed by atoms with van der Waals surface area (Å²) < 4.78 is 3.75. The fraction of sp³-hybridized carbons (Fsp3) is 0.280. The van der Waals surface area contributed by atoms with Gasteiger partial charge >= 0.3 is 0 Å². The van der Waals surface area contributed by atoms with Crippen LogP contribution >= 0.6 is 0 Å². The minimum absolute atomic E-state index is 0.0556. The maximum Gasteiger partial charge on any atom is 0.265 e. The predicted molar refractivity (Wildman–Crippen MR) is 125 cm³/mol. The molecule has 0 amide bonds. The van der Waals surface area contributed by atoms with Gasteiger partial charge in [-0.1, -0.05) is 38.1 Å². The summed E-state index contributed by atoms with van der Waals surface area (Å²) in [7, 11) is 0. The average Bonchev–Trinajstić information content (AvgIpc) is 3.10. The van der Waals surface area contributed by atoms with E-state index in [4.69, 9.17) is 15.0 Å². The Hall–Kier alpha value is -3.54. The fourth-order valence-corrected chi connectivity index (χ4v) is 4.24. The van der Waals surface area contributed by atoms with Gasteiger partial charge in [-0.05, 0) is 56.5 Å². The molecule has 0 spiro atoms. The van der Waals surface area contributed by atoms with Crippen molar-refractivity contribution in [3.63, 3.8) is 0 Å². The minimum atomic E-state index is -0.0599. The Morgan fingerprint density at radius 1 is 0.903 bits per heavy atom. The molecule has 0 saturated carbocycles. The molecule has 3 aromatic heterocycles. The van der Waals surface area contributed by atoms with E-state index in [0.29, 0.717) is 28.0 Å². The molecule has 2 aromatic carbocycles. The lowest BCUT2D eigenvalue weighted by Gasteiger charge is -2.16. The van der Waals surface area contributed by atoms with E-state index in [-0.39, 0.29) is 11.6 Å². The van der Waals surface area contributed by atoms with Crippen molar-refractivity contribution < 1.29 is 0 Å². The SMILES string of the molecule is CCc1ccc(-n2c3nc4ccccc4nc3c3c(=O)n([C@@H](C)CC)c(C)nc32)cc1. The van der Waals surface area contributed by atoms with Gasteiger partial charge in [-0.15, -0.1) is 0 Å². The van der Waals surface area contributed by atoms with Crippen molar-refractivity contribution >= 4 is 33.2 Å². The molecule has 0 aliphatic carbocycles. The highest BCUT2D eigenvalue weighted by Gasteiger charge is 2.23. The van der Waals surface area contributed by atoms with Crippen molar-refractivity contribution in [3.8, 4) is 5.69 Å². The lowest BCUT2D eigenvalue weighted by molar-refractivity contribution is 0.497. The smallest absolute Gasteiger partial charge is 0.265 e. The Bertz CT molecular complexity index is 1490. The van der Waals surface area contributed by atoms with Gasteiger partial charge < -0.3 is 0 Å². The Balaban J connectivity index is 1.97. The minimum Gasteiger partial charge on any atom is -0.293 e. The van der Waals surface area contributed by atoms with Crippen molar-refractivity contribution in [2.24, 2.45) is 0 Å². The molecule has 5 aromatic rings. The van der Waals surface area contributed by atoms with Crippen LogP contribution in [0, 0.1) is 6.92 Å². The number of fused-ring (bicyclic) bond motifs is 4. The quantitative estimate of drug-likeness (QED) is 0.411. The number of rotatable bonds is 4. The zero-order chi connectivity index (χ0) is 21.7. The number of hydrogen-bond donors (Lipinski definition) is 0. The van der Waals surface area contributed by atoms with Gasteiger partial charge in [0.1, 0.15) is 16.7 Å². The summed E-state index contributed by atoms with van der Waals surface area (Å²) in [5.74, 6) is 0.700. The van der Waals surface area contributed by atoms with Gasteiger partial charge in [0.05, 0.1) is 11.0 Å². The molecule has 0 N–H and O–H groups in total. The van der Waals surface area contributed by atoms with E-state index in [1.54, 1.807) is 4.57 Å². The zero-order valence-corrected chi connectivity index (χ0v) is 18.3. The van der Waals surface area contributed by atoms with E-state index in [9.17, 15) is 4.79 Å². The molecule has 0 bridgehead atoms. The monoisotopic (exact) mass is 411 g/mol. The summed E-state index contributed by atoms with van der Waals surface area (Å²) in [5, 5.41) is 0.527. The number of para-hydroxylation sites is 2. The Kier molecular flexibility index (Phi) is 4.58. The summed E-state index contributed by atoms with van der Waals surface area (Å²) >= 11 is 0. The maximum absolute atomic E-state index is 13.7. The van der Waals surface area contributed by atoms with E-state index in [1.165, 1.54) is 5.56 Å². The highest BCUT2D eigenvalue weighted by atomic mass is 16.1. The lowest BCUT2D eigenvalue weighted by atomic mass is 10.1. The third-order valence-electron chi connectivity index (χ3n) is 6.12. The summed E-state index contributed by atoms with van der Waals surface area (Å²) in [5.41, 5.74) is 5.55. The number of aromatic nitrogens is 5. The molecular weight excluding hydrogens is 386 g/mol. The number of aryl methyl sites for hydroxylation is 2. The summed E-state index contributed by atoms with van der Waals surface area (Å²) in [4.78, 5) is 28.4. The third-order valence-corrected chi connectivity index (χ3v) is 6.12. The first-order valence-electron chi connectivity index (χ1n) is 10.8. The molecule has 31 heavy (non-hydrogen) atoms. The molecular formula is C25H25N5O. The average molecular weight is 412 g/mol. The molecule has 0 saturated heterocycles. The molecule has 0 aliphatic rings. The van der Waals surface area contributed by atoms with Crippen molar-refractivity contribution in [3.05, 3.63) is 70.3 Å². The van der Waals surface area contributed by atoms with Crippen LogP contribution in [0.5, 0.6) is 0 Å². The topological polar surface area (TPSA) is 65.6 Å². The Morgan fingerprint density at radius 3 is 2.23 bits per heavy atom. The van der Waals surface area contributed by atoms with E-state index in [1.807, 2.05) is 42.7 Å². The second-order valence-corrected chi connectivity index (χ2v) is 8.03. The van der Waals surface area contributed by atoms with Gasteiger partial charge in [0.2, 0.25) is 0 Å². The van der Waals surface area contributed by atoms with Gasteiger partial charge in [-0.3, -0.25) is 13.9 Å². The van der Waals surface area contributed by atoms with Crippen LogP contribution in [0.3, 0.4) is 0 Å². The van der Waals surface area contributed by atoms with E-state index >= 15 is 0 Å². The zero-order valence-electron chi connectivity index (χ0n) is 18.3. The van der Waals surface area contributed by atoms with Gasteiger partial charge in [-0.25, -0.2) is 15.0 Å². The first-order valence-corrected chi connectivity index (χ1v) is 10.8. The van der Waals surface area contributed by atoms with Gasteiger partial charge in [0.15, 0.2) is 11.3 Å². The van der Waals surface area contributed by atoms with Gasteiger partial charge in [0, 0.05) is 11.7 Å². The molecule has 0 radical (unpaired) electrons. The van der Waals surface area contributed by atoms with Crippen molar-refractivity contribution in [2.75, 3.05) is 0 Å². The molecule has 6 heteroatoms. The molecule has 156 valence electrons. The standard InChI is InChI=1S/C25H25N5O/c1-5-15(3)29-16(4)26-23-21(25(29)31)22-24(28-20-10-8-7-9-19(20)27-22)30(23)18-13-11-17(6-2)12-14-18/h7-15H,5-6H2,1-4H3/t15-/m0/s1. The highest BCUT2D eigenvalue weighted by Crippen LogP contribution is 2.29. The van der Waals surface area contributed by atoms with Crippen LogP contribution in [0.4, 0.5) is 0 Å². The van der Waals surface area contributed by atoms with Crippen molar-refractivity contribution in [1.82, 2.24) is 24.1 Å². The van der Waals surface area contributed by atoms with Crippen LogP contribution in [0.15, 0.2) is 53.3 Å². The molecule has 0 fully saturated rings. The first kappa shape index (κ1) is 19.4. The van der Waals surface area contributed by atoms with Gasteiger partial charge in [0.25, 0.3) is 5.56 Å². The normalized spacial score (nSPS) is 12.8. The van der Waals surface area contributed by atoms with Crippen LogP contribution in [-0.4, -0.2) is 24.1 Å². The van der Waals surface area contributed by atoms with Crippen LogP contribution in [0.1, 0.15) is 44.6 Å². The van der Waals surface area contributed by atoms with Crippen molar-refractivity contribution in [2.45, 2.75) is 46.6 Å². The first-order chi connectivity index (χ1) is 15.0. The lowest BCUT2D eigenvalue weighted by Crippen LogP contribution is -2.26. The molecule has 0 unspecified atom stereocenters. The van der Waals surface area contributed by atoms with E-state index in [2.05, 4.69) is 38.1 Å². The van der Waals surface area contributed by atoms with Crippen LogP contribution < -0.4 is 5.56 Å². The Morgan fingerprint density at radius 2 is 1.58 bits per heavy atom. The highest BCUT2D eigenvalue weighted by molar-refractivity contribution is 6.05. The van der Waals surface area contributed by atoms with E-state index in [0.717, 1.165) is 29.6 Å². The molecule has 5 rings (SSSR count). The summed E-state index contributed by atoms with van der Waals surface area (Å²) in [6, 6.07) is 16.1. The summed E-state index contributed by atoms with van der Waals surface area (Å²) in [6.07, 6.45) is 1.81. The van der Waals surface area contributed by atoms with Crippen LogP contribution in [0.2, 0.25) is 0 Å². The number of hydrogen-bond acceptors (Lipinski definition) is 4. The van der Waals surface area contributed by atoms with Crippen LogP contribution in [0.25, 0.3) is 38.9 Å². The fourth-order valence-electron chi connectivity index (χ4n) is 4.24. The summed E-state index contributed by atoms with van der Waals surface area (Å²) in [6.45, 7) is 8.15. The van der Waals surface area contributed by atoms with E-state index < -0.39 is 0 Å².